The molecule has 0 unspecified atom stereocenters. The average Bonchev–Trinajstić information content (AvgIpc) is 2.64. The van der Waals surface area contributed by atoms with Crippen molar-refractivity contribution in [2.45, 2.75) is 13.0 Å². The molecule has 0 saturated heterocycles. The standard InChI is InChI=1S/C21H18F2N2S/c1-14-7-9-16(10-8-14)20(15-5-3-2-4-6-15)25-21(26)24-17-11-12-18(22)19(23)13-17/h2-13,20H,1H3,(H2,24,25,26)/t20-/m0/s1. The summed E-state index contributed by atoms with van der Waals surface area (Å²) in [6.07, 6.45) is 0. The van der Waals surface area contributed by atoms with Gasteiger partial charge in [0.1, 0.15) is 0 Å². The molecule has 3 aromatic rings. The largest absolute Gasteiger partial charge is 0.352 e. The summed E-state index contributed by atoms with van der Waals surface area (Å²) in [6, 6.07) is 21.5. The maximum atomic E-state index is 13.4. The van der Waals surface area contributed by atoms with E-state index in [9.17, 15) is 8.78 Å². The first-order chi connectivity index (χ1) is 12.5. The summed E-state index contributed by atoms with van der Waals surface area (Å²) in [6.45, 7) is 2.03. The van der Waals surface area contributed by atoms with Crippen molar-refractivity contribution in [2.24, 2.45) is 0 Å². The van der Waals surface area contributed by atoms with Crippen molar-refractivity contribution >= 4 is 23.0 Å². The number of rotatable bonds is 4. The average molecular weight is 368 g/mol. The molecular formula is C21H18F2N2S. The maximum Gasteiger partial charge on any atom is 0.171 e. The summed E-state index contributed by atoms with van der Waals surface area (Å²) in [5.74, 6) is -1.81. The van der Waals surface area contributed by atoms with E-state index < -0.39 is 11.6 Å². The van der Waals surface area contributed by atoms with Crippen LogP contribution in [-0.4, -0.2) is 5.11 Å². The molecule has 132 valence electrons. The van der Waals surface area contributed by atoms with Crippen LogP contribution in [0.15, 0.2) is 72.8 Å². The molecule has 0 amide bonds. The lowest BCUT2D eigenvalue weighted by Gasteiger charge is -2.22. The number of halogens is 2. The van der Waals surface area contributed by atoms with Crippen molar-refractivity contribution in [3.8, 4) is 0 Å². The summed E-state index contributed by atoms with van der Waals surface area (Å²) >= 11 is 5.38. The van der Waals surface area contributed by atoms with Gasteiger partial charge in [-0.3, -0.25) is 0 Å². The second-order valence-electron chi connectivity index (χ2n) is 5.98. The van der Waals surface area contributed by atoms with Gasteiger partial charge in [0.25, 0.3) is 0 Å². The number of thiocarbonyl (C=S) groups is 1. The zero-order valence-corrected chi connectivity index (χ0v) is 15.0. The SMILES string of the molecule is Cc1ccc([C@@H](NC(=S)Nc2ccc(F)c(F)c2)c2ccccc2)cc1. The van der Waals surface area contributed by atoms with E-state index in [4.69, 9.17) is 12.2 Å². The van der Waals surface area contributed by atoms with E-state index in [-0.39, 0.29) is 6.04 Å². The van der Waals surface area contributed by atoms with Crippen LogP contribution in [0.25, 0.3) is 0 Å². The molecule has 5 heteroatoms. The van der Waals surface area contributed by atoms with Gasteiger partial charge < -0.3 is 10.6 Å². The van der Waals surface area contributed by atoms with Gasteiger partial charge >= 0.3 is 0 Å². The summed E-state index contributed by atoms with van der Waals surface area (Å²) in [5.41, 5.74) is 3.65. The van der Waals surface area contributed by atoms with E-state index in [1.165, 1.54) is 11.6 Å². The van der Waals surface area contributed by atoms with Crippen LogP contribution in [0.2, 0.25) is 0 Å². The molecule has 0 heterocycles. The fourth-order valence-corrected chi connectivity index (χ4v) is 2.87. The molecular weight excluding hydrogens is 350 g/mol. The monoisotopic (exact) mass is 368 g/mol. The second-order valence-corrected chi connectivity index (χ2v) is 6.39. The topological polar surface area (TPSA) is 24.1 Å². The Morgan fingerprint density at radius 2 is 1.50 bits per heavy atom. The summed E-state index contributed by atoms with van der Waals surface area (Å²) in [5, 5.41) is 6.49. The van der Waals surface area contributed by atoms with Crippen molar-refractivity contribution in [2.75, 3.05) is 5.32 Å². The summed E-state index contributed by atoms with van der Waals surface area (Å²) in [7, 11) is 0. The van der Waals surface area contributed by atoms with Gasteiger partial charge in [0, 0.05) is 11.8 Å². The van der Waals surface area contributed by atoms with Crippen molar-refractivity contribution in [1.29, 1.82) is 0 Å². The molecule has 2 N–H and O–H groups in total. The fraction of sp³-hybridized carbons (Fsp3) is 0.0952. The van der Waals surface area contributed by atoms with Gasteiger partial charge in [-0.05, 0) is 42.4 Å². The van der Waals surface area contributed by atoms with E-state index in [2.05, 4.69) is 10.6 Å². The predicted molar refractivity (Wildman–Crippen MR) is 105 cm³/mol. The first kappa shape index (κ1) is 18.0. The minimum atomic E-state index is -0.920. The predicted octanol–water partition coefficient (Wildman–Crippen LogP) is 5.35. The number of aryl methyl sites for hydroxylation is 1. The molecule has 0 bridgehead atoms. The Morgan fingerprint density at radius 3 is 2.15 bits per heavy atom. The molecule has 26 heavy (non-hydrogen) atoms. The summed E-state index contributed by atoms with van der Waals surface area (Å²) < 4.78 is 26.5. The highest BCUT2D eigenvalue weighted by Crippen LogP contribution is 2.23. The van der Waals surface area contributed by atoms with Crippen LogP contribution in [0.3, 0.4) is 0 Å². The van der Waals surface area contributed by atoms with Crippen LogP contribution < -0.4 is 10.6 Å². The van der Waals surface area contributed by atoms with E-state index in [0.717, 1.165) is 23.3 Å². The normalized spacial score (nSPS) is 11.7. The molecule has 1 atom stereocenters. The van der Waals surface area contributed by atoms with Gasteiger partial charge in [-0.2, -0.15) is 0 Å². The van der Waals surface area contributed by atoms with Gasteiger partial charge in [-0.1, -0.05) is 60.2 Å². The molecule has 0 spiro atoms. The lowest BCUT2D eigenvalue weighted by Crippen LogP contribution is -2.33. The second kappa shape index (κ2) is 8.06. The van der Waals surface area contributed by atoms with Crippen LogP contribution in [0.5, 0.6) is 0 Å². The molecule has 0 aliphatic carbocycles. The van der Waals surface area contributed by atoms with Crippen LogP contribution >= 0.6 is 12.2 Å². The molecule has 3 rings (SSSR count). The Bertz CT molecular complexity index is 896. The highest BCUT2D eigenvalue weighted by molar-refractivity contribution is 7.80. The molecule has 2 nitrogen and oxygen atoms in total. The number of hydrogen-bond acceptors (Lipinski definition) is 1. The molecule has 0 fully saturated rings. The fourth-order valence-electron chi connectivity index (χ4n) is 2.64. The number of hydrogen-bond donors (Lipinski definition) is 2. The third-order valence-corrected chi connectivity index (χ3v) is 4.22. The Balaban J connectivity index is 1.82. The van der Waals surface area contributed by atoms with Gasteiger partial charge in [-0.15, -0.1) is 0 Å². The minimum Gasteiger partial charge on any atom is -0.352 e. The van der Waals surface area contributed by atoms with Crippen molar-refractivity contribution in [3.63, 3.8) is 0 Å². The lowest BCUT2D eigenvalue weighted by molar-refractivity contribution is 0.509. The smallest absolute Gasteiger partial charge is 0.171 e. The Hall–Kier alpha value is -2.79. The molecule has 3 aromatic carbocycles. The van der Waals surface area contributed by atoms with Gasteiger partial charge in [0.2, 0.25) is 0 Å². The highest BCUT2D eigenvalue weighted by Gasteiger charge is 2.15. The quantitative estimate of drug-likeness (QED) is 0.607. The van der Waals surface area contributed by atoms with Crippen LogP contribution in [0.1, 0.15) is 22.7 Å². The first-order valence-electron chi connectivity index (χ1n) is 8.17. The van der Waals surface area contributed by atoms with E-state index in [0.29, 0.717) is 10.8 Å². The van der Waals surface area contributed by atoms with Gasteiger partial charge in [0.15, 0.2) is 16.7 Å². The Morgan fingerprint density at radius 1 is 0.846 bits per heavy atom. The molecule has 0 radical (unpaired) electrons. The minimum absolute atomic E-state index is 0.165. The van der Waals surface area contributed by atoms with Crippen LogP contribution in [0, 0.1) is 18.6 Å². The first-order valence-corrected chi connectivity index (χ1v) is 8.58. The third kappa shape index (κ3) is 4.43. The number of anilines is 1. The van der Waals surface area contributed by atoms with Gasteiger partial charge in [0.05, 0.1) is 6.04 Å². The third-order valence-electron chi connectivity index (χ3n) is 4.00. The lowest BCUT2D eigenvalue weighted by atomic mass is 9.98. The zero-order chi connectivity index (χ0) is 18.5. The van der Waals surface area contributed by atoms with E-state index in [1.807, 2.05) is 61.5 Å². The molecule has 0 aliphatic heterocycles. The van der Waals surface area contributed by atoms with Crippen molar-refractivity contribution in [1.82, 2.24) is 5.32 Å². The van der Waals surface area contributed by atoms with E-state index in [1.54, 1.807) is 0 Å². The summed E-state index contributed by atoms with van der Waals surface area (Å²) in [4.78, 5) is 0. The zero-order valence-electron chi connectivity index (χ0n) is 14.2. The van der Waals surface area contributed by atoms with Gasteiger partial charge in [-0.25, -0.2) is 8.78 Å². The van der Waals surface area contributed by atoms with E-state index >= 15 is 0 Å². The number of nitrogens with one attached hydrogen (secondary N) is 2. The van der Waals surface area contributed by atoms with Crippen molar-refractivity contribution in [3.05, 3.63) is 101 Å². The van der Waals surface area contributed by atoms with Crippen LogP contribution in [0.4, 0.5) is 14.5 Å². The number of benzene rings is 3. The molecule has 0 aromatic heterocycles. The Kier molecular flexibility index (Phi) is 5.58. The molecule has 0 aliphatic rings. The maximum absolute atomic E-state index is 13.4. The highest BCUT2D eigenvalue weighted by atomic mass is 32.1. The molecule has 0 saturated carbocycles. The Labute approximate surface area is 156 Å². The van der Waals surface area contributed by atoms with Crippen molar-refractivity contribution < 1.29 is 8.78 Å². The van der Waals surface area contributed by atoms with Crippen LogP contribution in [-0.2, 0) is 0 Å².